The molecule has 5 nitrogen and oxygen atoms in total. The van der Waals surface area contributed by atoms with Crippen molar-refractivity contribution in [1.29, 1.82) is 0 Å². The molecular formula is C19H17BrF2N2O3. The number of hydrogen-bond donors (Lipinski definition) is 0. The van der Waals surface area contributed by atoms with Gasteiger partial charge in [-0.15, -0.1) is 0 Å². The molecule has 0 radical (unpaired) electrons. The predicted octanol–water partition coefficient (Wildman–Crippen LogP) is 3.33. The fourth-order valence-electron chi connectivity index (χ4n) is 2.89. The lowest BCUT2D eigenvalue weighted by atomic mass is 10.1. The molecule has 3 rings (SSSR count). The van der Waals surface area contributed by atoms with Gasteiger partial charge in [-0.2, -0.15) is 0 Å². The van der Waals surface area contributed by atoms with Gasteiger partial charge in [0, 0.05) is 36.2 Å². The first-order valence-corrected chi connectivity index (χ1v) is 9.07. The molecule has 0 unspecified atom stereocenters. The van der Waals surface area contributed by atoms with Crippen LogP contribution in [0.3, 0.4) is 0 Å². The van der Waals surface area contributed by atoms with Crippen LogP contribution in [0.1, 0.15) is 20.7 Å². The monoisotopic (exact) mass is 438 g/mol. The Bertz CT molecular complexity index is 883. The fraction of sp³-hybridized carbons (Fsp3) is 0.263. The van der Waals surface area contributed by atoms with Crippen LogP contribution in [0, 0.1) is 11.6 Å². The normalized spacial score (nSPS) is 14.2. The summed E-state index contributed by atoms with van der Waals surface area (Å²) in [5.74, 6) is -2.03. The lowest BCUT2D eigenvalue weighted by molar-refractivity contribution is 0.0534. The highest BCUT2D eigenvalue weighted by atomic mass is 79.9. The zero-order valence-electron chi connectivity index (χ0n) is 14.5. The summed E-state index contributed by atoms with van der Waals surface area (Å²) in [6.07, 6.45) is 0. The summed E-state index contributed by atoms with van der Waals surface area (Å²) in [4.78, 5) is 28.4. The number of rotatable bonds is 3. The molecule has 2 aromatic rings. The van der Waals surface area contributed by atoms with E-state index in [1.807, 2.05) is 0 Å². The Morgan fingerprint density at radius 2 is 1.56 bits per heavy atom. The number of piperazine rings is 1. The van der Waals surface area contributed by atoms with Gasteiger partial charge in [-0.05, 0) is 52.3 Å². The molecule has 0 bridgehead atoms. The van der Waals surface area contributed by atoms with Gasteiger partial charge in [0.25, 0.3) is 11.8 Å². The topological polar surface area (TPSA) is 49.9 Å². The van der Waals surface area contributed by atoms with E-state index in [1.165, 1.54) is 18.1 Å². The Labute approximate surface area is 163 Å². The summed E-state index contributed by atoms with van der Waals surface area (Å²) in [6, 6.07) is 8.23. The van der Waals surface area contributed by atoms with Gasteiger partial charge in [0.2, 0.25) is 0 Å². The second-order valence-corrected chi connectivity index (χ2v) is 6.91. The first-order chi connectivity index (χ1) is 12.9. The quantitative estimate of drug-likeness (QED) is 0.738. The van der Waals surface area contributed by atoms with Crippen molar-refractivity contribution in [3.8, 4) is 5.75 Å². The second kappa shape index (κ2) is 8.04. The summed E-state index contributed by atoms with van der Waals surface area (Å²) >= 11 is 3.37. The maximum Gasteiger partial charge on any atom is 0.255 e. The van der Waals surface area contributed by atoms with E-state index < -0.39 is 11.6 Å². The number of nitrogens with zero attached hydrogens (tertiary/aromatic N) is 2. The van der Waals surface area contributed by atoms with Crippen LogP contribution in [0.15, 0.2) is 40.9 Å². The largest absolute Gasteiger partial charge is 0.497 e. The number of hydrogen-bond acceptors (Lipinski definition) is 3. The Hall–Kier alpha value is -2.48. The maximum absolute atomic E-state index is 13.3. The molecule has 1 heterocycles. The summed E-state index contributed by atoms with van der Waals surface area (Å²) in [7, 11) is 1.53. The van der Waals surface area contributed by atoms with Crippen LogP contribution in [-0.4, -0.2) is 54.9 Å². The van der Waals surface area contributed by atoms with Crippen LogP contribution in [-0.2, 0) is 0 Å². The molecule has 2 amide bonds. The van der Waals surface area contributed by atoms with Gasteiger partial charge in [-0.25, -0.2) is 8.78 Å². The molecule has 8 heteroatoms. The van der Waals surface area contributed by atoms with E-state index in [-0.39, 0.29) is 17.4 Å². The summed E-state index contributed by atoms with van der Waals surface area (Å²) < 4.78 is 32.2. The number of halogens is 3. The van der Waals surface area contributed by atoms with Crippen LogP contribution >= 0.6 is 15.9 Å². The van der Waals surface area contributed by atoms with E-state index in [2.05, 4.69) is 15.9 Å². The zero-order chi connectivity index (χ0) is 19.6. The fourth-order valence-corrected chi connectivity index (χ4v) is 3.31. The molecule has 1 aliphatic heterocycles. The highest BCUT2D eigenvalue weighted by Gasteiger charge is 2.27. The molecule has 0 aliphatic carbocycles. The predicted molar refractivity (Wildman–Crippen MR) is 98.9 cm³/mol. The van der Waals surface area contributed by atoms with Crippen molar-refractivity contribution in [1.82, 2.24) is 9.80 Å². The average Bonchev–Trinajstić information content (AvgIpc) is 2.69. The van der Waals surface area contributed by atoms with Crippen molar-refractivity contribution in [2.75, 3.05) is 33.3 Å². The van der Waals surface area contributed by atoms with Crippen molar-refractivity contribution < 1.29 is 23.1 Å². The highest BCUT2D eigenvalue weighted by Crippen LogP contribution is 2.24. The number of carbonyl (C=O) groups excluding carboxylic acids is 2. The van der Waals surface area contributed by atoms with Crippen molar-refractivity contribution >= 4 is 27.7 Å². The Morgan fingerprint density at radius 3 is 2.15 bits per heavy atom. The van der Waals surface area contributed by atoms with Crippen molar-refractivity contribution in [3.05, 3.63) is 63.6 Å². The van der Waals surface area contributed by atoms with Crippen LogP contribution in [0.2, 0.25) is 0 Å². The molecular weight excluding hydrogens is 422 g/mol. The van der Waals surface area contributed by atoms with E-state index in [1.54, 1.807) is 23.1 Å². The number of ether oxygens (including phenoxy) is 1. The molecule has 0 saturated carbocycles. The van der Waals surface area contributed by atoms with E-state index >= 15 is 0 Å². The van der Waals surface area contributed by atoms with Crippen molar-refractivity contribution in [2.24, 2.45) is 0 Å². The molecule has 0 N–H and O–H groups in total. The van der Waals surface area contributed by atoms with Crippen LogP contribution in [0.25, 0.3) is 0 Å². The molecule has 1 fully saturated rings. The van der Waals surface area contributed by atoms with Crippen molar-refractivity contribution in [2.45, 2.75) is 0 Å². The van der Waals surface area contributed by atoms with Crippen LogP contribution in [0.4, 0.5) is 8.78 Å². The van der Waals surface area contributed by atoms with E-state index in [9.17, 15) is 18.4 Å². The minimum atomic E-state index is -1.06. The Kier molecular flexibility index (Phi) is 5.74. The molecule has 27 heavy (non-hydrogen) atoms. The van der Waals surface area contributed by atoms with Gasteiger partial charge in [0.15, 0.2) is 11.6 Å². The van der Waals surface area contributed by atoms with Crippen LogP contribution < -0.4 is 4.74 Å². The summed E-state index contributed by atoms with van der Waals surface area (Å²) in [6.45, 7) is 1.31. The number of amides is 2. The molecule has 1 saturated heterocycles. The maximum atomic E-state index is 13.3. The molecule has 0 atom stereocenters. The van der Waals surface area contributed by atoms with Gasteiger partial charge in [0.1, 0.15) is 5.75 Å². The highest BCUT2D eigenvalue weighted by molar-refractivity contribution is 9.10. The third-order valence-corrected chi connectivity index (χ3v) is 5.12. The minimum Gasteiger partial charge on any atom is -0.497 e. The van der Waals surface area contributed by atoms with Gasteiger partial charge >= 0.3 is 0 Å². The number of methoxy groups -OCH3 is 1. The van der Waals surface area contributed by atoms with E-state index in [0.717, 1.165) is 12.1 Å². The van der Waals surface area contributed by atoms with Gasteiger partial charge < -0.3 is 14.5 Å². The minimum absolute atomic E-state index is 0.0872. The molecule has 2 aromatic carbocycles. The number of benzene rings is 2. The molecule has 0 spiro atoms. The van der Waals surface area contributed by atoms with E-state index in [0.29, 0.717) is 42.0 Å². The molecule has 1 aliphatic rings. The van der Waals surface area contributed by atoms with Gasteiger partial charge in [-0.1, -0.05) is 0 Å². The molecule has 0 aromatic heterocycles. The van der Waals surface area contributed by atoms with E-state index in [4.69, 9.17) is 4.74 Å². The summed E-state index contributed by atoms with van der Waals surface area (Å²) in [5, 5.41) is 0. The third kappa shape index (κ3) is 4.10. The van der Waals surface area contributed by atoms with Crippen molar-refractivity contribution in [3.63, 3.8) is 0 Å². The van der Waals surface area contributed by atoms with Crippen LogP contribution in [0.5, 0.6) is 5.75 Å². The standard InChI is InChI=1S/C19H17BrF2N2O3/c1-27-13-3-4-15(20)14(11-13)19(26)24-8-6-23(7-9-24)18(25)12-2-5-16(21)17(22)10-12/h2-5,10-11H,6-9H2,1H3. The van der Waals surface area contributed by atoms with Gasteiger partial charge in [-0.3, -0.25) is 9.59 Å². The molecule has 142 valence electrons. The second-order valence-electron chi connectivity index (χ2n) is 6.06. The third-order valence-electron chi connectivity index (χ3n) is 4.42. The lowest BCUT2D eigenvalue weighted by Crippen LogP contribution is -2.50. The SMILES string of the molecule is COc1ccc(Br)c(C(=O)N2CCN(C(=O)c3ccc(F)c(F)c3)CC2)c1. The summed E-state index contributed by atoms with van der Waals surface area (Å²) in [5.41, 5.74) is 0.568. The first kappa shape index (κ1) is 19.3. The smallest absolute Gasteiger partial charge is 0.255 e. The Balaban J connectivity index is 1.67. The Morgan fingerprint density at radius 1 is 0.926 bits per heavy atom. The number of carbonyl (C=O) groups is 2. The average molecular weight is 439 g/mol. The zero-order valence-corrected chi connectivity index (χ0v) is 16.1. The first-order valence-electron chi connectivity index (χ1n) is 8.28. The van der Waals surface area contributed by atoms with Gasteiger partial charge in [0.05, 0.1) is 12.7 Å². The lowest BCUT2D eigenvalue weighted by Gasteiger charge is -2.35.